The van der Waals surface area contributed by atoms with Crippen LogP contribution >= 0.6 is 0 Å². The highest BCUT2D eigenvalue weighted by Gasteiger charge is 2.33. The lowest BCUT2D eigenvalue weighted by molar-refractivity contribution is -0.118. The Labute approximate surface area is 280 Å². The lowest BCUT2D eigenvalue weighted by Gasteiger charge is -2.37. The second-order valence-electron chi connectivity index (χ2n) is 13.1. The number of anilines is 2. The van der Waals surface area contributed by atoms with Gasteiger partial charge in [-0.2, -0.15) is 0 Å². The number of benzene rings is 3. The number of para-hydroxylation sites is 1. The average molecular weight is 654 g/mol. The van der Waals surface area contributed by atoms with Gasteiger partial charge in [-0.3, -0.25) is 9.59 Å². The average Bonchev–Trinajstić information content (AvgIpc) is 3.78. The molecule has 6 rings (SSSR count). The van der Waals surface area contributed by atoms with Crippen LogP contribution in [0, 0.1) is 5.82 Å². The van der Waals surface area contributed by atoms with E-state index in [0.29, 0.717) is 57.1 Å². The third-order valence-electron chi connectivity index (χ3n) is 9.40. The SMILES string of the molecule is CC(c1c[nH]c2ccccc12)C(NC(=O)N1CCN(c2ccc(F)cc2)CC1)C(=O)Nc1cc(CN(C)C)ccc1C(=O)N1CCCC1. The third kappa shape index (κ3) is 7.31. The zero-order valence-electron chi connectivity index (χ0n) is 27.8. The van der Waals surface area contributed by atoms with Gasteiger partial charge in [-0.05, 0) is 80.5 Å². The fourth-order valence-corrected chi connectivity index (χ4v) is 6.76. The predicted molar refractivity (Wildman–Crippen MR) is 187 cm³/mol. The second-order valence-corrected chi connectivity index (χ2v) is 13.1. The van der Waals surface area contributed by atoms with E-state index >= 15 is 0 Å². The molecule has 0 radical (unpaired) electrons. The highest BCUT2D eigenvalue weighted by atomic mass is 19.1. The summed E-state index contributed by atoms with van der Waals surface area (Å²) in [6, 6.07) is 18.5. The third-order valence-corrected chi connectivity index (χ3v) is 9.40. The fourth-order valence-electron chi connectivity index (χ4n) is 6.76. The molecule has 3 heterocycles. The number of urea groups is 1. The van der Waals surface area contributed by atoms with E-state index in [1.807, 2.05) is 73.4 Å². The van der Waals surface area contributed by atoms with E-state index in [2.05, 4.69) is 20.5 Å². The molecule has 10 nitrogen and oxygen atoms in total. The summed E-state index contributed by atoms with van der Waals surface area (Å²) in [6.07, 6.45) is 3.81. The number of nitrogens with zero attached hydrogens (tertiary/aromatic N) is 4. The molecule has 1 aromatic heterocycles. The number of halogens is 1. The number of rotatable bonds is 9. The van der Waals surface area contributed by atoms with Crippen molar-refractivity contribution in [2.45, 2.75) is 38.3 Å². The minimum atomic E-state index is -0.945. The molecule has 0 spiro atoms. The normalized spacial score (nSPS) is 16.3. The van der Waals surface area contributed by atoms with Crippen molar-refractivity contribution in [2.24, 2.45) is 0 Å². The lowest BCUT2D eigenvalue weighted by atomic mass is 9.92. The monoisotopic (exact) mass is 653 g/mol. The van der Waals surface area contributed by atoms with Gasteiger partial charge in [-0.1, -0.05) is 31.2 Å². The topological polar surface area (TPSA) is 104 Å². The maximum Gasteiger partial charge on any atom is 0.318 e. The molecule has 48 heavy (non-hydrogen) atoms. The highest BCUT2D eigenvalue weighted by molar-refractivity contribution is 6.06. The number of nitrogens with one attached hydrogen (secondary N) is 3. The van der Waals surface area contributed by atoms with Crippen LogP contribution in [0.2, 0.25) is 0 Å². The first kappa shape index (κ1) is 33.0. The van der Waals surface area contributed by atoms with E-state index in [4.69, 9.17) is 0 Å². The number of fused-ring (bicyclic) bond motifs is 1. The zero-order valence-corrected chi connectivity index (χ0v) is 27.8. The largest absolute Gasteiger partial charge is 0.368 e. The van der Waals surface area contributed by atoms with Crippen molar-refractivity contribution in [2.75, 3.05) is 63.6 Å². The molecule has 4 aromatic rings. The van der Waals surface area contributed by atoms with Gasteiger partial charge < -0.3 is 35.2 Å². The molecular weight excluding hydrogens is 609 g/mol. The molecule has 2 aliphatic rings. The van der Waals surface area contributed by atoms with Crippen LogP contribution in [0.1, 0.15) is 47.2 Å². The van der Waals surface area contributed by atoms with Crippen LogP contribution < -0.4 is 15.5 Å². The van der Waals surface area contributed by atoms with Crippen molar-refractivity contribution in [3.63, 3.8) is 0 Å². The number of hydrogen-bond acceptors (Lipinski definition) is 5. The number of likely N-dealkylation sites (tertiary alicyclic amines) is 1. The molecule has 11 heteroatoms. The van der Waals surface area contributed by atoms with Crippen LogP contribution in [-0.2, 0) is 11.3 Å². The fraction of sp³-hybridized carbons (Fsp3) is 0.378. The smallest absolute Gasteiger partial charge is 0.318 e. The molecule has 3 N–H and O–H groups in total. The Morgan fingerprint density at radius 2 is 1.60 bits per heavy atom. The number of aromatic amines is 1. The summed E-state index contributed by atoms with van der Waals surface area (Å²) in [5.74, 6) is -1.21. The number of carbonyl (C=O) groups excluding carboxylic acids is 3. The molecule has 0 bridgehead atoms. The number of H-pyrrole nitrogens is 1. The molecule has 0 aliphatic carbocycles. The van der Waals surface area contributed by atoms with Crippen LogP contribution in [0.4, 0.5) is 20.6 Å². The number of carbonyl (C=O) groups is 3. The number of amides is 4. The predicted octanol–water partition coefficient (Wildman–Crippen LogP) is 5.25. The summed E-state index contributed by atoms with van der Waals surface area (Å²) in [4.78, 5) is 52.8. The number of piperazine rings is 1. The van der Waals surface area contributed by atoms with Gasteiger partial charge in [0.15, 0.2) is 0 Å². The van der Waals surface area contributed by atoms with E-state index in [0.717, 1.165) is 40.6 Å². The molecule has 2 saturated heterocycles. The van der Waals surface area contributed by atoms with E-state index in [1.165, 1.54) is 12.1 Å². The van der Waals surface area contributed by atoms with Gasteiger partial charge in [-0.15, -0.1) is 0 Å². The molecule has 0 saturated carbocycles. The van der Waals surface area contributed by atoms with Gasteiger partial charge in [0.1, 0.15) is 11.9 Å². The Kier molecular flexibility index (Phi) is 9.95. The van der Waals surface area contributed by atoms with E-state index < -0.39 is 17.9 Å². The van der Waals surface area contributed by atoms with Crippen molar-refractivity contribution < 1.29 is 18.8 Å². The van der Waals surface area contributed by atoms with Crippen LogP contribution in [-0.4, -0.2) is 96.9 Å². The van der Waals surface area contributed by atoms with Crippen molar-refractivity contribution in [1.29, 1.82) is 0 Å². The maximum atomic E-state index is 14.4. The van der Waals surface area contributed by atoms with Gasteiger partial charge in [-0.25, -0.2) is 9.18 Å². The minimum absolute atomic E-state index is 0.108. The summed E-state index contributed by atoms with van der Waals surface area (Å²) in [5.41, 5.74) is 4.58. The first-order chi connectivity index (χ1) is 23.2. The molecule has 2 fully saturated rings. The summed E-state index contributed by atoms with van der Waals surface area (Å²) in [5, 5.41) is 7.11. The summed E-state index contributed by atoms with van der Waals surface area (Å²) in [6.45, 7) is 6.00. The van der Waals surface area contributed by atoms with Crippen LogP contribution in [0.15, 0.2) is 72.9 Å². The first-order valence-electron chi connectivity index (χ1n) is 16.7. The zero-order chi connectivity index (χ0) is 33.8. The molecule has 2 atom stereocenters. The minimum Gasteiger partial charge on any atom is -0.368 e. The van der Waals surface area contributed by atoms with Gasteiger partial charge in [0.05, 0.1) is 11.3 Å². The Hall–Kier alpha value is -4.90. The van der Waals surface area contributed by atoms with Crippen LogP contribution in [0.5, 0.6) is 0 Å². The standard InChI is InChI=1S/C37H44FN7O3/c1-25(31-23-39-32-9-5-4-8-29(31)32)34(41-37(48)45-20-18-43(19-21-45)28-13-11-27(38)12-14-28)35(46)40-33-22-26(24-42(2)3)10-15-30(33)36(47)44-16-6-7-17-44/h4-5,8-15,22-23,25,34,39H,6-7,16-21,24H2,1-3H3,(H,40,46)(H,41,48). The number of aromatic nitrogens is 1. The van der Waals surface area contributed by atoms with E-state index in [9.17, 15) is 18.8 Å². The molecule has 2 aliphatic heterocycles. The Bertz CT molecular complexity index is 1760. The highest BCUT2D eigenvalue weighted by Crippen LogP contribution is 2.30. The van der Waals surface area contributed by atoms with Crippen molar-refractivity contribution in [3.8, 4) is 0 Å². The first-order valence-corrected chi connectivity index (χ1v) is 16.7. The van der Waals surface area contributed by atoms with E-state index in [-0.39, 0.29) is 17.8 Å². The molecule has 2 unspecified atom stereocenters. The van der Waals surface area contributed by atoms with Crippen molar-refractivity contribution in [1.82, 2.24) is 25.0 Å². The lowest BCUT2D eigenvalue weighted by Crippen LogP contribution is -2.56. The number of hydrogen-bond donors (Lipinski definition) is 3. The van der Waals surface area contributed by atoms with Crippen molar-refractivity contribution in [3.05, 3.63) is 95.4 Å². The van der Waals surface area contributed by atoms with Gasteiger partial charge in [0.25, 0.3) is 5.91 Å². The van der Waals surface area contributed by atoms with Gasteiger partial charge >= 0.3 is 6.03 Å². The van der Waals surface area contributed by atoms with Crippen LogP contribution in [0.25, 0.3) is 10.9 Å². The van der Waals surface area contributed by atoms with Gasteiger partial charge in [0.2, 0.25) is 5.91 Å². The summed E-state index contributed by atoms with van der Waals surface area (Å²) < 4.78 is 13.5. The Balaban J connectivity index is 1.26. The molecular formula is C37H44FN7O3. The van der Waals surface area contributed by atoms with Gasteiger partial charge in [0, 0.05) is 74.5 Å². The van der Waals surface area contributed by atoms with Crippen molar-refractivity contribution >= 4 is 40.1 Å². The summed E-state index contributed by atoms with van der Waals surface area (Å²) in [7, 11) is 3.94. The Morgan fingerprint density at radius 1 is 0.896 bits per heavy atom. The second kappa shape index (κ2) is 14.5. The molecule has 4 amide bonds. The molecule has 252 valence electrons. The Morgan fingerprint density at radius 3 is 2.31 bits per heavy atom. The maximum absolute atomic E-state index is 14.4. The molecule has 3 aromatic carbocycles. The quantitative estimate of drug-likeness (QED) is 0.229. The summed E-state index contributed by atoms with van der Waals surface area (Å²) >= 11 is 0. The van der Waals surface area contributed by atoms with Crippen LogP contribution in [0.3, 0.4) is 0 Å². The van der Waals surface area contributed by atoms with E-state index in [1.54, 1.807) is 23.1 Å².